The number of hydrogen-bond donors (Lipinski definition) is 1. The van der Waals surface area contributed by atoms with E-state index in [9.17, 15) is 9.90 Å². The minimum absolute atomic E-state index is 0.0641. The van der Waals surface area contributed by atoms with Crippen LogP contribution in [0.1, 0.15) is 21.5 Å². The molecule has 0 bridgehead atoms. The molecular weight excluding hydrogens is 396 g/mol. The molecule has 2 atom stereocenters. The number of rotatable bonds is 9. The van der Waals surface area contributed by atoms with Crippen molar-refractivity contribution in [2.75, 3.05) is 13.2 Å². The van der Waals surface area contributed by atoms with Crippen molar-refractivity contribution >= 4 is 5.97 Å². The lowest BCUT2D eigenvalue weighted by molar-refractivity contribution is -0.0718. The standard InChI is InChI=1S/C25H24O6/c26-25(27)20-12-7-13-21-24(20)31-23(17-29-15-19-10-5-2-6-11-19)22(30-21)16-28-14-18-8-3-1-4-9-18/h1-13,22-23H,14-17H2,(H,26,27). The van der Waals surface area contributed by atoms with E-state index in [4.69, 9.17) is 18.9 Å². The second-order valence-corrected chi connectivity index (χ2v) is 7.25. The number of aromatic carboxylic acids is 1. The average Bonchev–Trinajstić information content (AvgIpc) is 2.80. The molecule has 1 aliphatic rings. The summed E-state index contributed by atoms with van der Waals surface area (Å²) in [6.07, 6.45) is -0.941. The summed E-state index contributed by atoms with van der Waals surface area (Å²) in [6, 6.07) is 24.5. The van der Waals surface area contributed by atoms with Gasteiger partial charge in [0.05, 0.1) is 26.4 Å². The molecular formula is C25H24O6. The fourth-order valence-electron chi connectivity index (χ4n) is 3.38. The lowest BCUT2D eigenvalue weighted by atomic mass is 10.1. The molecule has 1 N–H and O–H groups in total. The van der Waals surface area contributed by atoms with E-state index < -0.39 is 18.2 Å². The molecule has 0 radical (unpaired) electrons. The van der Waals surface area contributed by atoms with Gasteiger partial charge in [0, 0.05) is 0 Å². The summed E-state index contributed by atoms with van der Waals surface area (Å²) in [5, 5.41) is 9.49. The van der Waals surface area contributed by atoms with Crippen LogP contribution in [0.25, 0.3) is 0 Å². The first-order chi connectivity index (χ1) is 15.2. The van der Waals surface area contributed by atoms with Crippen molar-refractivity contribution in [1.29, 1.82) is 0 Å². The number of fused-ring (bicyclic) bond motifs is 1. The van der Waals surface area contributed by atoms with E-state index >= 15 is 0 Å². The van der Waals surface area contributed by atoms with Crippen molar-refractivity contribution in [3.05, 3.63) is 95.6 Å². The lowest BCUT2D eigenvalue weighted by Crippen LogP contribution is -2.46. The van der Waals surface area contributed by atoms with Gasteiger partial charge in [-0.25, -0.2) is 4.79 Å². The molecule has 0 aromatic heterocycles. The lowest BCUT2D eigenvalue weighted by Gasteiger charge is -2.34. The van der Waals surface area contributed by atoms with Crippen molar-refractivity contribution in [2.24, 2.45) is 0 Å². The Bertz CT molecular complexity index is 989. The predicted octanol–water partition coefficient (Wildman–Crippen LogP) is 4.33. The average molecular weight is 420 g/mol. The highest BCUT2D eigenvalue weighted by atomic mass is 16.6. The number of ether oxygens (including phenoxy) is 4. The second kappa shape index (κ2) is 10.1. The Morgan fingerprint density at radius 2 is 1.29 bits per heavy atom. The fourth-order valence-corrected chi connectivity index (χ4v) is 3.38. The first kappa shape index (κ1) is 20.9. The van der Waals surface area contributed by atoms with E-state index in [1.54, 1.807) is 12.1 Å². The third kappa shape index (κ3) is 5.42. The topological polar surface area (TPSA) is 74.2 Å². The van der Waals surface area contributed by atoms with Crippen molar-refractivity contribution in [3.63, 3.8) is 0 Å². The Kier molecular flexibility index (Phi) is 6.82. The third-order valence-electron chi connectivity index (χ3n) is 4.96. The Morgan fingerprint density at radius 1 is 0.742 bits per heavy atom. The molecule has 0 aliphatic carbocycles. The van der Waals surface area contributed by atoms with Crippen molar-refractivity contribution in [2.45, 2.75) is 25.4 Å². The van der Waals surface area contributed by atoms with Gasteiger partial charge in [0.15, 0.2) is 23.7 Å². The monoisotopic (exact) mass is 420 g/mol. The van der Waals surface area contributed by atoms with Crippen LogP contribution < -0.4 is 9.47 Å². The molecule has 3 aromatic rings. The van der Waals surface area contributed by atoms with E-state index in [1.807, 2.05) is 60.7 Å². The van der Waals surface area contributed by atoms with Gasteiger partial charge in [-0.05, 0) is 23.3 Å². The summed E-state index contributed by atoms with van der Waals surface area (Å²) in [5.74, 6) is -0.446. The number of carboxylic acid groups (broad SMARTS) is 1. The Labute approximate surface area is 181 Å². The molecule has 2 unspecified atom stereocenters. The molecule has 0 fully saturated rings. The number of benzene rings is 3. The Morgan fingerprint density at radius 3 is 1.84 bits per heavy atom. The van der Waals surface area contributed by atoms with Gasteiger partial charge in [-0.1, -0.05) is 66.7 Å². The van der Waals surface area contributed by atoms with E-state index in [-0.39, 0.29) is 24.5 Å². The number of para-hydroxylation sites is 1. The highest BCUT2D eigenvalue weighted by Crippen LogP contribution is 2.37. The first-order valence-electron chi connectivity index (χ1n) is 10.1. The number of hydrogen-bond acceptors (Lipinski definition) is 5. The van der Waals surface area contributed by atoms with Gasteiger partial charge in [-0.2, -0.15) is 0 Å². The normalized spacial score (nSPS) is 17.3. The molecule has 4 rings (SSSR count). The van der Waals surface area contributed by atoms with Crippen LogP contribution in [0.15, 0.2) is 78.9 Å². The van der Waals surface area contributed by atoms with Crippen LogP contribution in [0.2, 0.25) is 0 Å². The highest BCUT2D eigenvalue weighted by Gasteiger charge is 2.34. The summed E-state index contributed by atoms with van der Waals surface area (Å²) in [4.78, 5) is 11.6. The maximum Gasteiger partial charge on any atom is 0.339 e. The molecule has 31 heavy (non-hydrogen) atoms. The number of carboxylic acids is 1. The van der Waals surface area contributed by atoms with Crippen LogP contribution in [-0.2, 0) is 22.7 Å². The van der Waals surface area contributed by atoms with Gasteiger partial charge in [-0.3, -0.25) is 0 Å². The van der Waals surface area contributed by atoms with Gasteiger partial charge in [0.1, 0.15) is 5.56 Å². The molecule has 1 heterocycles. The Balaban J connectivity index is 1.44. The van der Waals surface area contributed by atoms with Crippen LogP contribution >= 0.6 is 0 Å². The molecule has 0 spiro atoms. The molecule has 0 saturated carbocycles. The maximum absolute atomic E-state index is 11.6. The van der Waals surface area contributed by atoms with Crippen molar-refractivity contribution in [1.82, 2.24) is 0 Å². The molecule has 0 saturated heterocycles. The SMILES string of the molecule is O=C(O)c1cccc2c1OC(COCc1ccccc1)C(COCc1ccccc1)O2. The zero-order valence-electron chi connectivity index (χ0n) is 17.0. The smallest absolute Gasteiger partial charge is 0.339 e. The minimum atomic E-state index is -1.07. The van der Waals surface area contributed by atoms with Crippen LogP contribution in [0.4, 0.5) is 0 Å². The van der Waals surface area contributed by atoms with Gasteiger partial charge in [-0.15, -0.1) is 0 Å². The quantitative estimate of drug-likeness (QED) is 0.556. The van der Waals surface area contributed by atoms with Crippen molar-refractivity contribution in [3.8, 4) is 11.5 Å². The van der Waals surface area contributed by atoms with E-state index in [1.165, 1.54) is 6.07 Å². The van der Waals surface area contributed by atoms with Crippen LogP contribution in [0.5, 0.6) is 11.5 Å². The zero-order chi connectivity index (χ0) is 21.5. The van der Waals surface area contributed by atoms with Gasteiger partial charge >= 0.3 is 5.97 Å². The fraction of sp³-hybridized carbons (Fsp3) is 0.240. The van der Waals surface area contributed by atoms with Crippen molar-refractivity contribution < 1.29 is 28.8 Å². The van der Waals surface area contributed by atoms with Gasteiger partial charge in [0.2, 0.25) is 0 Å². The second-order valence-electron chi connectivity index (χ2n) is 7.25. The molecule has 0 amide bonds. The minimum Gasteiger partial charge on any atom is -0.480 e. The number of carbonyl (C=O) groups is 1. The Hall–Kier alpha value is -3.35. The van der Waals surface area contributed by atoms with Gasteiger partial charge < -0.3 is 24.1 Å². The van der Waals surface area contributed by atoms with Gasteiger partial charge in [0.25, 0.3) is 0 Å². The van der Waals surface area contributed by atoms with E-state index in [2.05, 4.69) is 0 Å². The third-order valence-corrected chi connectivity index (χ3v) is 4.96. The molecule has 6 nitrogen and oxygen atoms in total. The summed E-state index contributed by atoms with van der Waals surface area (Å²) in [7, 11) is 0. The first-order valence-corrected chi connectivity index (χ1v) is 10.1. The van der Waals surface area contributed by atoms with E-state index in [0.717, 1.165) is 11.1 Å². The summed E-state index contributed by atoms with van der Waals surface area (Å²) < 4.78 is 23.9. The largest absolute Gasteiger partial charge is 0.480 e. The summed E-state index contributed by atoms with van der Waals surface area (Å²) in [5.41, 5.74) is 2.17. The van der Waals surface area contributed by atoms with E-state index in [0.29, 0.717) is 19.0 Å². The van der Waals surface area contributed by atoms with Crippen LogP contribution in [-0.4, -0.2) is 36.5 Å². The predicted molar refractivity (Wildman–Crippen MR) is 114 cm³/mol. The maximum atomic E-state index is 11.6. The zero-order valence-corrected chi connectivity index (χ0v) is 17.0. The highest BCUT2D eigenvalue weighted by molar-refractivity contribution is 5.92. The molecule has 3 aromatic carbocycles. The molecule has 6 heteroatoms. The molecule has 1 aliphatic heterocycles. The van der Waals surface area contributed by atoms with Crippen LogP contribution in [0.3, 0.4) is 0 Å². The molecule has 160 valence electrons. The summed E-state index contributed by atoms with van der Waals surface area (Å²) >= 11 is 0. The summed E-state index contributed by atoms with van der Waals surface area (Å²) in [6.45, 7) is 1.39. The van der Waals surface area contributed by atoms with Crippen LogP contribution in [0, 0.1) is 0 Å².